The molecule has 27 heavy (non-hydrogen) atoms. The first kappa shape index (κ1) is 19.4. The van der Waals surface area contributed by atoms with E-state index in [0.29, 0.717) is 18.0 Å². The van der Waals surface area contributed by atoms with Crippen LogP contribution in [0.3, 0.4) is 0 Å². The van der Waals surface area contributed by atoms with E-state index in [-0.39, 0.29) is 10.9 Å². The first-order chi connectivity index (χ1) is 12.6. The number of hydrogen-bond donors (Lipinski definition) is 1. The SMILES string of the molecule is COc1cccc2c1N(C(=O)c1ccc(S(=O)(=O)NC(C)(C)C)o1)CCC2. The van der Waals surface area contributed by atoms with Crippen LogP contribution < -0.4 is 14.4 Å². The minimum absolute atomic E-state index is 0.0250. The Morgan fingerprint density at radius 1 is 1.22 bits per heavy atom. The lowest BCUT2D eigenvalue weighted by molar-refractivity contribution is 0.0952. The molecule has 1 amide bonds. The number of hydrogen-bond acceptors (Lipinski definition) is 5. The number of para-hydroxylation sites is 1. The molecule has 0 radical (unpaired) electrons. The molecule has 7 nitrogen and oxygen atoms in total. The molecule has 146 valence electrons. The Hall–Kier alpha value is -2.32. The predicted molar refractivity (Wildman–Crippen MR) is 102 cm³/mol. The Bertz CT molecular complexity index is 942. The highest BCUT2D eigenvalue weighted by molar-refractivity contribution is 7.89. The van der Waals surface area contributed by atoms with Crippen molar-refractivity contribution in [2.24, 2.45) is 0 Å². The zero-order valence-corrected chi connectivity index (χ0v) is 16.7. The molecule has 8 heteroatoms. The molecule has 0 unspecified atom stereocenters. The van der Waals surface area contributed by atoms with Gasteiger partial charge in [0.15, 0.2) is 5.76 Å². The van der Waals surface area contributed by atoms with Gasteiger partial charge in [-0.1, -0.05) is 12.1 Å². The largest absolute Gasteiger partial charge is 0.495 e. The number of methoxy groups -OCH3 is 1. The quantitative estimate of drug-likeness (QED) is 0.864. The van der Waals surface area contributed by atoms with E-state index < -0.39 is 21.5 Å². The van der Waals surface area contributed by atoms with Crippen molar-refractivity contribution in [3.05, 3.63) is 41.7 Å². The third-order valence-corrected chi connectivity index (χ3v) is 5.77. The second-order valence-corrected chi connectivity index (χ2v) is 9.12. The smallest absolute Gasteiger partial charge is 0.294 e. The van der Waals surface area contributed by atoms with Crippen LogP contribution >= 0.6 is 0 Å². The van der Waals surface area contributed by atoms with Crippen molar-refractivity contribution in [2.75, 3.05) is 18.6 Å². The van der Waals surface area contributed by atoms with Gasteiger partial charge in [-0.25, -0.2) is 13.1 Å². The second kappa shape index (κ2) is 7.01. The maximum Gasteiger partial charge on any atom is 0.294 e. The minimum Gasteiger partial charge on any atom is -0.495 e. The molecule has 1 aliphatic rings. The van der Waals surface area contributed by atoms with E-state index in [4.69, 9.17) is 9.15 Å². The summed E-state index contributed by atoms with van der Waals surface area (Å²) in [5, 5.41) is -0.280. The van der Waals surface area contributed by atoms with E-state index in [0.717, 1.165) is 18.4 Å². The van der Waals surface area contributed by atoms with Gasteiger partial charge in [-0.05, 0) is 57.4 Å². The molecule has 0 saturated heterocycles. The van der Waals surface area contributed by atoms with Crippen molar-refractivity contribution in [3.8, 4) is 5.75 Å². The lowest BCUT2D eigenvalue weighted by atomic mass is 10.0. The highest BCUT2D eigenvalue weighted by Crippen LogP contribution is 2.37. The van der Waals surface area contributed by atoms with Gasteiger partial charge in [0.05, 0.1) is 12.8 Å². The van der Waals surface area contributed by atoms with Crippen molar-refractivity contribution in [2.45, 2.75) is 44.2 Å². The van der Waals surface area contributed by atoms with Gasteiger partial charge in [-0.3, -0.25) is 4.79 Å². The van der Waals surface area contributed by atoms with Crippen molar-refractivity contribution in [1.29, 1.82) is 0 Å². The van der Waals surface area contributed by atoms with Crippen LogP contribution in [0.4, 0.5) is 5.69 Å². The molecule has 0 aliphatic carbocycles. The Balaban J connectivity index is 1.93. The van der Waals surface area contributed by atoms with E-state index >= 15 is 0 Å². The standard InChI is InChI=1S/C19H24N2O5S/c1-19(2,3)20-27(23,24)16-11-10-15(26-16)18(22)21-12-6-8-13-7-5-9-14(25-4)17(13)21/h5,7,9-11,20H,6,8,12H2,1-4H3. The first-order valence-corrected chi connectivity index (χ1v) is 10.2. The highest BCUT2D eigenvalue weighted by Gasteiger charge is 2.31. The molecule has 1 aromatic carbocycles. The fraction of sp³-hybridized carbons (Fsp3) is 0.421. The molecule has 2 heterocycles. The number of furan rings is 1. The van der Waals surface area contributed by atoms with E-state index in [2.05, 4.69) is 4.72 Å². The molecule has 1 aliphatic heterocycles. The Kier molecular flexibility index (Phi) is 5.05. The van der Waals surface area contributed by atoms with Crippen LogP contribution in [-0.4, -0.2) is 33.5 Å². The predicted octanol–water partition coefficient (Wildman–Crippen LogP) is 2.96. The number of nitrogens with zero attached hydrogens (tertiary/aromatic N) is 1. The van der Waals surface area contributed by atoms with Gasteiger partial charge in [0.2, 0.25) is 5.09 Å². The summed E-state index contributed by atoms with van der Waals surface area (Å²) in [6, 6.07) is 8.34. The fourth-order valence-electron chi connectivity index (χ4n) is 3.15. The molecule has 3 rings (SSSR count). The number of rotatable bonds is 4. The Morgan fingerprint density at radius 3 is 2.63 bits per heavy atom. The molecule has 0 atom stereocenters. The van der Waals surface area contributed by atoms with Crippen LogP contribution in [0.5, 0.6) is 5.75 Å². The monoisotopic (exact) mass is 392 g/mol. The van der Waals surface area contributed by atoms with Crippen LogP contribution in [0.25, 0.3) is 0 Å². The summed E-state index contributed by atoms with van der Waals surface area (Å²) < 4.78 is 38.2. The van der Waals surface area contributed by atoms with Gasteiger partial charge in [0.25, 0.3) is 15.9 Å². The van der Waals surface area contributed by atoms with Gasteiger partial charge >= 0.3 is 0 Å². The molecule has 0 fully saturated rings. The molecule has 1 aromatic heterocycles. The van der Waals surface area contributed by atoms with Gasteiger partial charge in [-0.2, -0.15) is 0 Å². The number of nitrogens with one attached hydrogen (secondary N) is 1. The van der Waals surface area contributed by atoms with Crippen molar-refractivity contribution in [1.82, 2.24) is 4.72 Å². The summed E-state index contributed by atoms with van der Waals surface area (Å²) in [6.45, 7) is 5.71. The molecule has 0 bridgehead atoms. The fourth-order valence-corrected chi connectivity index (χ4v) is 4.50. The topological polar surface area (TPSA) is 88.8 Å². The van der Waals surface area contributed by atoms with Gasteiger partial charge in [0, 0.05) is 12.1 Å². The lowest BCUT2D eigenvalue weighted by Crippen LogP contribution is -2.40. The van der Waals surface area contributed by atoms with Crippen LogP contribution in [0.15, 0.2) is 39.8 Å². The summed E-state index contributed by atoms with van der Waals surface area (Å²) in [5.41, 5.74) is 1.07. The number of carbonyl (C=O) groups excluding carboxylic acids is 1. The van der Waals surface area contributed by atoms with E-state index in [9.17, 15) is 13.2 Å². The molecule has 0 saturated carbocycles. The summed E-state index contributed by atoms with van der Waals surface area (Å²) in [6.07, 6.45) is 1.66. The molecule has 2 aromatic rings. The van der Waals surface area contributed by atoms with Gasteiger partial charge in [-0.15, -0.1) is 0 Å². The highest BCUT2D eigenvalue weighted by atomic mass is 32.2. The first-order valence-electron chi connectivity index (χ1n) is 8.74. The number of ether oxygens (including phenoxy) is 1. The summed E-state index contributed by atoms with van der Waals surface area (Å²) in [7, 11) is -2.29. The van der Waals surface area contributed by atoms with E-state index in [1.807, 2.05) is 12.1 Å². The van der Waals surface area contributed by atoms with Gasteiger partial charge < -0.3 is 14.1 Å². The number of sulfonamides is 1. The average molecular weight is 392 g/mol. The lowest BCUT2D eigenvalue weighted by Gasteiger charge is -2.30. The Morgan fingerprint density at radius 2 is 1.96 bits per heavy atom. The number of fused-ring (bicyclic) bond motifs is 1. The summed E-state index contributed by atoms with van der Waals surface area (Å²) in [4.78, 5) is 14.6. The zero-order valence-electron chi connectivity index (χ0n) is 15.9. The average Bonchev–Trinajstić information content (AvgIpc) is 3.09. The second-order valence-electron chi connectivity index (χ2n) is 7.50. The third kappa shape index (κ3) is 4.01. The molecule has 0 spiro atoms. The Labute approximate surface area is 159 Å². The number of carbonyl (C=O) groups is 1. The summed E-state index contributed by atoms with van der Waals surface area (Å²) >= 11 is 0. The van der Waals surface area contributed by atoms with Crippen LogP contribution in [-0.2, 0) is 16.4 Å². The maximum atomic E-state index is 13.0. The van der Waals surface area contributed by atoms with Gasteiger partial charge in [0.1, 0.15) is 5.75 Å². The number of amides is 1. The zero-order chi connectivity index (χ0) is 19.8. The molecular formula is C19H24N2O5S. The minimum atomic E-state index is -3.85. The normalized spacial score (nSPS) is 14.7. The molecule has 1 N–H and O–H groups in total. The third-order valence-electron chi connectivity index (χ3n) is 4.14. The van der Waals surface area contributed by atoms with Crippen LogP contribution in [0.1, 0.15) is 43.3 Å². The van der Waals surface area contributed by atoms with Crippen LogP contribution in [0.2, 0.25) is 0 Å². The van der Waals surface area contributed by atoms with Crippen LogP contribution in [0, 0.1) is 0 Å². The van der Waals surface area contributed by atoms with Crippen molar-refractivity contribution >= 4 is 21.6 Å². The molecular weight excluding hydrogens is 368 g/mol. The maximum absolute atomic E-state index is 13.0. The van der Waals surface area contributed by atoms with E-state index in [1.54, 1.807) is 38.8 Å². The number of benzene rings is 1. The number of anilines is 1. The summed E-state index contributed by atoms with van der Waals surface area (Å²) in [5.74, 6) is 0.190. The van der Waals surface area contributed by atoms with E-state index in [1.165, 1.54) is 12.1 Å². The number of aryl methyl sites for hydroxylation is 1. The van der Waals surface area contributed by atoms with Crippen molar-refractivity contribution in [3.63, 3.8) is 0 Å². The van der Waals surface area contributed by atoms with Crippen molar-refractivity contribution < 1.29 is 22.4 Å².